The van der Waals surface area contributed by atoms with E-state index in [0.29, 0.717) is 5.02 Å². The van der Waals surface area contributed by atoms with Crippen LogP contribution in [-0.2, 0) is 9.53 Å². The summed E-state index contributed by atoms with van der Waals surface area (Å²) in [6.45, 7) is 3.62. The molecule has 0 aromatic heterocycles. The Kier molecular flexibility index (Phi) is 6.43. The molecule has 0 aliphatic heterocycles. The maximum atomic E-state index is 11.7. The number of rotatable bonds is 5. The molecule has 0 bridgehead atoms. The molecule has 124 valence electrons. The molecule has 0 heterocycles. The van der Waals surface area contributed by atoms with Crippen LogP contribution < -0.4 is 0 Å². The van der Waals surface area contributed by atoms with Crippen LogP contribution in [0.25, 0.3) is 0 Å². The zero-order valence-electron chi connectivity index (χ0n) is 13.6. The first-order valence-electron chi connectivity index (χ1n) is 7.67. The number of benzene rings is 2. The Bertz CT molecular complexity index is 727. The molecule has 0 fully saturated rings. The van der Waals surface area contributed by atoms with Crippen LogP contribution in [0.3, 0.4) is 0 Å². The van der Waals surface area contributed by atoms with Crippen LogP contribution in [0.15, 0.2) is 54.6 Å². The molecule has 2 atom stereocenters. The molecule has 24 heavy (non-hydrogen) atoms. The average molecular weight is 343 g/mol. The number of aliphatic carboxylic acids is 1. The first-order chi connectivity index (χ1) is 11.5. The summed E-state index contributed by atoms with van der Waals surface area (Å²) >= 11 is 5.87. The molecule has 1 N–H and O–H groups in total. The van der Waals surface area contributed by atoms with Crippen LogP contribution in [0.1, 0.15) is 30.9 Å². The van der Waals surface area contributed by atoms with Gasteiger partial charge >= 0.3 is 5.97 Å². The Balaban J connectivity index is 2.39. The molecule has 0 spiro atoms. The second-order valence-corrected chi connectivity index (χ2v) is 6.04. The summed E-state index contributed by atoms with van der Waals surface area (Å²) in [5.41, 5.74) is 1.58. The van der Waals surface area contributed by atoms with Gasteiger partial charge in [0.1, 0.15) is 0 Å². The summed E-state index contributed by atoms with van der Waals surface area (Å²) in [5.74, 6) is 4.49. The van der Waals surface area contributed by atoms with Crippen molar-refractivity contribution in [2.45, 2.75) is 32.0 Å². The molecule has 0 saturated carbocycles. The largest absolute Gasteiger partial charge is 0.479 e. The lowest BCUT2D eigenvalue weighted by atomic mass is 9.93. The molecule has 2 aromatic carbocycles. The maximum Gasteiger partial charge on any atom is 0.334 e. The highest BCUT2D eigenvalue weighted by Gasteiger charge is 2.30. The van der Waals surface area contributed by atoms with Crippen molar-refractivity contribution < 1.29 is 14.6 Å². The van der Waals surface area contributed by atoms with Crippen LogP contribution in [0.5, 0.6) is 0 Å². The third kappa shape index (κ3) is 5.13. The fourth-order valence-corrected chi connectivity index (χ4v) is 2.39. The quantitative estimate of drug-likeness (QED) is 0.821. The fourth-order valence-electron chi connectivity index (χ4n) is 2.26. The molecule has 3 nitrogen and oxygen atoms in total. The van der Waals surface area contributed by atoms with Crippen molar-refractivity contribution >= 4 is 17.6 Å². The number of carboxylic acid groups (broad SMARTS) is 1. The lowest BCUT2D eigenvalue weighted by Gasteiger charge is -2.22. The predicted octanol–water partition coefficient (Wildman–Crippen LogP) is 4.35. The molecule has 0 saturated heterocycles. The summed E-state index contributed by atoms with van der Waals surface area (Å²) in [5, 5.41) is 10.2. The van der Waals surface area contributed by atoms with Gasteiger partial charge in [-0.1, -0.05) is 53.8 Å². The van der Waals surface area contributed by atoms with Crippen molar-refractivity contribution in [1.29, 1.82) is 0 Å². The second kappa shape index (κ2) is 8.54. The third-order valence-corrected chi connectivity index (χ3v) is 3.59. The van der Waals surface area contributed by atoms with Crippen LogP contribution >= 0.6 is 11.6 Å². The summed E-state index contributed by atoms with van der Waals surface area (Å²) in [7, 11) is 0. The topological polar surface area (TPSA) is 46.5 Å². The van der Waals surface area contributed by atoms with Gasteiger partial charge in [-0.3, -0.25) is 0 Å². The lowest BCUT2D eigenvalue weighted by molar-refractivity contribution is -0.153. The minimum atomic E-state index is -1.03. The van der Waals surface area contributed by atoms with Crippen molar-refractivity contribution in [2.75, 3.05) is 0 Å². The second-order valence-electron chi connectivity index (χ2n) is 5.61. The van der Waals surface area contributed by atoms with E-state index in [0.717, 1.165) is 11.1 Å². The van der Waals surface area contributed by atoms with Gasteiger partial charge in [-0.25, -0.2) is 4.79 Å². The van der Waals surface area contributed by atoms with Crippen molar-refractivity contribution in [1.82, 2.24) is 0 Å². The molecule has 4 heteroatoms. The Morgan fingerprint density at radius 1 is 1.08 bits per heavy atom. The Labute approximate surface area is 147 Å². The number of hydrogen-bond acceptors (Lipinski definition) is 2. The summed E-state index contributed by atoms with van der Waals surface area (Å²) in [6, 6.07) is 16.4. The molecule has 2 rings (SSSR count). The maximum absolute atomic E-state index is 11.7. The molecule has 0 radical (unpaired) electrons. The summed E-state index contributed by atoms with van der Waals surface area (Å²) < 4.78 is 5.61. The van der Waals surface area contributed by atoms with Crippen LogP contribution in [0.4, 0.5) is 0 Å². The first kappa shape index (κ1) is 18.1. The van der Waals surface area contributed by atoms with Gasteiger partial charge in [0, 0.05) is 10.6 Å². The standard InChI is InChI=1S/C20H19ClO3/c1-14(2)24-19(20(22)23)18(16-6-4-3-5-7-16)13-10-15-8-11-17(21)12-9-15/h3-9,11-12,14,18-19H,1-2H3,(H,22,23). The number of carbonyl (C=O) groups is 1. The Morgan fingerprint density at radius 2 is 1.71 bits per heavy atom. The van der Waals surface area contributed by atoms with Gasteiger partial charge in [0.25, 0.3) is 0 Å². The first-order valence-corrected chi connectivity index (χ1v) is 8.05. The van der Waals surface area contributed by atoms with E-state index in [1.165, 1.54) is 0 Å². The van der Waals surface area contributed by atoms with E-state index >= 15 is 0 Å². The molecule has 0 amide bonds. The van der Waals surface area contributed by atoms with E-state index < -0.39 is 18.0 Å². The van der Waals surface area contributed by atoms with E-state index in [-0.39, 0.29) is 6.10 Å². The van der Waals surface area contributed by atoms with Gasteiger partial charge < -0.3 is 9.84 Å². The number of halogens is 1. The van der Waals surface area contributed by atoms with Gasteiger partial charge in [-0.15, -0.1) is 0 Å². The normalized spacial score (nSPS) is 13.0. The van der Waals surface area contributed by atoms with Crippen molar-refractivity contribution in [2.24, 2.45) is 0 Å². The van der Waals surface area contributed by atoms with E-state index in [1.54, 1.807) is 24.3 Å². The van der Waals surface area contributed by atoms with Gasteiger partial charge in [0.05, 0.1) is 12.0 Å². The predicted molar refractivity (Wildman–Crippen MR) is 95.2 cm³/mol. The number of hydrogen-bond donors (Lipinski definition) is 1. The van der Waals surface area contributed by atoms with Gasteiger partial charge in [-0.2, -0.15) is 0 Å². The molecular weight excluding hydrogens is 324 g/mol. The third-order valence-electron chi connectivity index (χ3n) is 3.34. The molecular formula is C20H19ClO3. The Hall–Kier alpha value is -2.28. The number of carboxylic acids is 1. The highest BCUT2D eigenvalue weighted by molar-refractivity contribution is 6.30. The average Bonchev–Trinajstić information content (AvgIpc) is 2.56. The highest BCUT2D eigenvalue weighted by atomic mass is 35.5. The van der Waals surface area contributed by atoms with Crippen molar-refractivity contribution in [3.63, 3.8) is 0 Å². The van der Waals surface area contributed by atoms with Gasteiger partial charge in [-0.05, 0) is 43.7 Å². The smallest absolute Gasteiger partial charge is 0.334 e. The molecule has 2 aromatic rings. The van der Waals surface area contributed by atoms with Gasteiger partial charge in [0.2, 0.25) is 0 Å². The molecule has 0 aliphatic rings. The summed E-state index contributed by atoms with van der Waals surface area (Å²) in [4.78, 5) is 11.7. The Morgan fingerprint density at radius 3 is 2.25 bits per heavy atom. The van der Waals surface area contributed by atoms with Crippen LogP contribution in [0, 0.1) is 11.8 Å². The minimum absolute atomic E-state index is 0.213. The van der Waals surface area contributed by atoms with Crippen LogP contribution in [-0.4, -0.2) is 23.3 Å². The zero-order valence-corrected chi connectivity index (χ0v) is 14.3. The van der Waals surface area contributed by atoms with E-state index in [1.807, 2.05) is 44.2 Å². The van der Waals surface area contributed by atoms with Crippen molar-refractivity contribution in [3.05, 3.63) is 70.7 Å². The fraction of sp³-hybridized carbons (Fsp3) is 0.250. The van der Waals surface area contributed by atoms with Crippen molar-refractivity contribution in [3.8, 4) is 11.8 Å². The zero-order chi connectivity index (χ0) is 17.5. The van der Waals surface area contributed by atoms with E-state index in [2.05, 4.69) is 11.8 Å². The molecule has 0 aliphatic carbocycles. The summed E-state index contributed by atoms with van der Waals surface area (Å²) in [6.07, 6.45) is -1.25. The van der Waals surface area contributed by atoms with E-state index in [4.69, 9.17) is 16.3 Å². The SMILES string of the molecule is CC(C)OC(C(=O)O)C(C#Cc1ccc(Cl)cc1)c1ccccc1. The molecule has 2 unspecified atom stereocenters. The monoisotopic (exact) mass is 342 g/mol. The number of ether oxygens (including phenoxy) is 1. The highest BCUT2D eigenvalue weighted by Crippen LogP contribution is 2.23. The van der Waals surface area contributed by atoms with Crippen LogP contribution in [0.2, 0.25) is 5.02 Å². The minimum Gasteiger partial charge on any atom is -0.479 e. The van der Waals surface area contributed by atoms with E-state index in [9.17, 15) is 9.90 Å². The van der Waals surface area contributed by atoms with Gasteiger partial charge in [0.15, 0.2) is 6.10 Å². The lowest BCUT2D eigenvalue weighted by Crippen LogP contribution is -2.32.